The zero-order valence-electron chi connectivity index (χ0n) is 17.3. The first kappa shape index (κ1) is 22.3. The lowest BCUT2D eigenvalue weighted by molar-refractivity contribution is 0.0950. The van der Waals surface area contributed by atoms with E-state index in [1.807, 2.05) is 0 Å². The number of nitrogens with one attached hydrogen (secondary N) is 2. The van der Waals surface area contributed by atoms with Gasteiger partial charge in [-0.1, -0.05) is 24.3 Å². The van der Waals surface area contributed by atoms with Gasteiger partial charge < -0.3 is 5.32 Å². The Morgan fingerprint density at radius 3 is 2.45 bits per heavy atom. The molecule has 10 heteroatoms. The molecule has 8 nitrogen and oxygen atoms in total. The molecule has 0 radical (unpaired) electrons. The minimum Gasteiger partial charge on any atom is -0.348 e. The predicted molar refractivity (Wildman–Crippen MR) is 119 cm³/mol. The number of sulfonamides is 1. The Hall–Kier alpha value is -3.89. The van der Waals surface area contributed by atoms with E-state index in [0.29, 0.717) is 22.5 Å². The summed E-state index contributed by atoms with van der Waals surface area (Å²) < 4.78 is 42.6. The fraction of sp³-hybridized carbons (Fsp3) is 0.0870. The van der Waals surface area contributed by atoms with E-state index in [1.54, 1.807) is 53.5 Å². The van der Waals surface area contributed by atoms with Crippen LogP contribution in [0.5, 0.6) is 0 Å². The predicted octanol–water partition coefficient (Wildman–Crippen LogP) is 2.81. The van der Waals surface area contributed by atoms with Crippen molar-refractivity contribution in [1.82, 2.24) is 24.8 Å². The fourth-order valence-corrected chi connectivity index (χ4v) is 4.16. The van der Waals surface area contributed by atoms with Gasteiger partial charge in [0.05, 0.1) is 10.5 Å². The van der Waals surface area contributed by atoms with Crippen LogP contribution in [0.2, 0.25) is 0 Å². The third-order valence-corrected chi connectivity index (χ3v) is 6.17. The molecule has 0 unspecified atom stereocenters. The second-order valence-corrected chi connectivity index (χ2v) is 8.91. The SMILES string of the molecule is O=C(NCc1cccc(S(=O)(=O)NCc2cccc(F)c2)c1)c1ccc(-n2cccn2)nc1. The van der Waals surface area contributed by atoms with Crippen molar-refractivity contribution < 1.29 is 17.6 Å². The molecule has 0 aliphatic carbocycles. The highest BCUT2D eigenvalue weighted by atomic mass is 32.2. The third-order valence-electron chi connectivity index (χ3n) is 4.77. The van der Waals surface area contributed by atoms with E-state index in [4.69, 9.17) is 0 Å². The van der Waals surface area contributed by atoms with E-state index in [0.717, 1.165) is 0 Å². The third kappa shape index (κ3) is 5.68. The van der Waals surface area contributed by atoms with E-state index in [9.17, 15) is 17.6 Å². The molecule has 33 heavy (non-hydrogen) atoms. The number of amides is 1. The summed E-state index contributed by atoms with van der Waals surface area (Å²) in [6.07, 6.45) is 4.83. The second kappa shape index (κ2) is 9.72. The first-order valence-corrected chi connectivity index (χ1v) is 11.5. The first-order chi connectivity index (χ1) is 15.9. The highest BCUT2D eigenvalue weighted by Crippen LogP contribution is 2.13. The Bertz CT molecular complexity index is 1360. The minimum absolute atomic E-state index is 0.0391. The molecule has 4 aromatic rings. The molecule has 0 spiro atoms. The van der Waals surface area contributed by atoms with Crippen LogP contribution in [0.1, 0.15) is 21.5 Å². The molecule has 0 bridgehead atoms. The summed E-state index contributed by atoms with van der Waals surface area (Å²) >= 11 is 0. The van der Waals surface area contributed by atoms with E-state index in [1.165, 1.54) is 36.5 Å². The summed E-state index contributed by atoms with van der Waals surface area (Å²) in [6.45, 7) is 0.0928. The summed E-state index contributed by atoms with van der Waals surface area (Å²) in [4.78, 5) is 16.7. The summed E-state index contributed by atoms with van der Waals surface area (Å²) in [5, 5.41) is 6.84. The van der Waals surface area contributed by atoms with Crippen LogP contribution in [0.4, 0.5) is 4.39 Å². The van der Waals surface area contributed by atoms with Crippen LogP contribution < -0.4 is 10.0 Å². The lowest BCUT2D eigenvalue weighted by Crippen LogP contribution is -2.25. The zero-order chi connectivity index (χ0) is 23.3. The number of carbonyl (C=O) groups excluding carboxylic acids is 1. The number of aromatic nitrogens is 3. The number of pyridine rings is 1. The number of halogens is 1. The Morgan fingerprint density at radius 2 is 1.76 bits per heavy atom. The molecule has 4 rings (SSSR count). The van der Waals surface area contributed by atoms with Gasteiger partial charge in [0.25, 0.3) is 5.91 Å². The van der Waals surface area contributed by atoms with Crippen LogP contribution in [0, 0.1) is 5.82 Å². The maximum atomic E-state index is 13.3. The maximum Gasteiger partial charge on any atom is 0.253 e. The molecule has 2 aromatic carbocycles. The topological polar surface area (TPSA) is 106 Å². The van der Waals surface area contributed by atoms with Crippen molar-refractivity contribution in [3.05, 3.63) is 108 Å². The van der Waals surface area contributed by atoms with Crippen LogP contribution in [-0.2, 0) is 23.1 Å². The smallest absolute Gasteiger partial charge is 0.253 e. The molecule has 2 heterocycles. The molecule has 168 valence electrons. The second-order valence-electron chi connectivity index (χ2n) is 7.14. The molecule has 0 saturated heterocycles. The van der Waals surface area contributed by atoms with Crippen molar-refractivity contribution in [2.24, 2.45) is 0 Å². The van der Waals surface area contributed by atoms with Gasteiger partial charge in [0.15, 0.2) is 5.82 Å². The highest BCUT2D eigenvalue weighted by Gasteiger charge is 2.15. The van der Waals surface area contributed by atoms with Crippen molar-refractivity contribution in [2.45, 2.75) is 18.0 Å². The van der Waals surface area contributed by atoms with Gasteiger partial charge in [-0.3, -0.25) is 4.79 Å². The molecular formula is C23H20FN5O3S. The Kier molecular flexibility index (Phi) is 6.57. The van der Waals surface area contributed by atoms with Crippen molar-refractivity contribution in [1.29, 1.82) is 0 Å². The number of hydrogen-bond donors (Lipinski definition) is 2. The number of carbonyl (C=O) groups is 1. The fourth-order valence-electron chi connectivity index (χ4n) is 3.08. The molecule has 0 atom stereocenters. The van der Waals surface area contributed by atoms with E-state index >= 15 is 0 Å². The summed E-state index contributed by atoms with van der Waals surface area (Å²) in [6, 6.07) is 17.0. The highest BCUT2D eigenvalue weighted by molar-refractivity contribution is 7.89. The summed E-state index contributed by atoms with van der Waals surface area (Å²) in [5.41, 5.74) is 1.48. The maximum absolute atomic E-state index is 13.3. The van der Waals surface area contributed by atoms with Crippen LogP contribution in [0.15, 0.2) is 90.2 Å². The van der Waals surface area contributed by atoms with Crippen molar-refractivity contribution in [3.63, 3.8) is 0 Å². The van der Waals surface area contributed by atoms with Crippen LogP contribution >= 0.6 is 0 Å². The Labute approximate surface area is 190 Å². The average molecular weight is 466 g/mol. The lowest BCUT2D eigenvalue weighted by Gasteiger charge is -2.10. The molecule has 0 aliphatic heterocycles. The first-order valence-electron chi connectivity index (χ1n) is 9.98. The molecule has 2 aromatic heterocycles. The van der Waals surface area contributed by atoms with Gasteiger partial charge in [0.1, 0.15) is 5.82 Å². The van der Waals surface area contributed by atoms with Gasteiger partial charge in [-0.15, -0.1) is 0 Å². The molecular weight excluding hydrogens is 445 g/mol. The zero-order valence-corrected chi connectivity index (χ0v) is 18.2. The average Bonchev–Trinajstić information content (AvgIpc) is 3.37. The summed E-state index contributed by atoms with van der Waals surface area (Å²) in [5.74, 6) is -0.192. The number of hydrogen-bond acceptors (Lipinski definition) is 5. The molecule has 2 N–H and O–H groups in total. The number of benzene rings is 2. The molecule has 0 aliphatic rings. The normalized spacial score (nSPS) is 11.3. The monoisotopic (exact) mass is 465 g/mol. The minimum atomic E-state index is -3.81. The van der Waals surface area contributed by atoms with Crippen LogP contribution in [0.3, 0.4) is 0 Å². The lowest BCUT2D eigenvalue weighted by atomic mass is 10.2. The largest absolute Gasteiger partial charge is 0.348 e. The van der Waals surface area contributed by atoms with Crippen LogP contribution in [0.25, 0.3) is 5.82 Å². The van der Waals surface area contributed by atoms with E-state index in [-0.39, 0.29) is 23.9 Å². The van der Waals surface area contributed by atoms with Crippen LogP contribution in [-0.4, -0.2) is 29.1 Å². The van der Waals surface area contributed by atoms with Crippen molar-refractivity contribution in [3.8, 4) is 5.82 Å². The van der Waals surface area contributed by atoms with E-state index < -0.39 is 15.8 Å². The number of rotatable bonds is 8. The van der Waals surface area contributed by atoms with Gasteiger partial charge in [-0.2, -0.15) is 5.10 Å². The molecule has 0 fully saturated rings. The summed E-state index contributed by atoms with van der Waals surface area (Å²) in [7, 11) is -3.81. The standard InChI is InChI=1S/C23H20FN5O3S/c24-20-6-1-4-17(12-20)15-28-33(31,32)21-7-2-5-18(13-21)14-26-23(30)19-8-9-22(25-16-19)29-11-3-10-27-29/h1-13,16,28H,14-15H2,(H,26,30). The molecule has 1 amide bonds. The van der Waals surface area contributed by atoms with Gasteiger partial charge in [0.2, 0.25) is 10.0 Å². The van der Waals surface area contributed by atoms with Crippen molar-refractivity contribution in [2.75, 3.05) is 0 Å². The number of nitrogens with zero attached hydrogens (tertiary/aromatic N) is 3. The Balaban J connectivity index is 1.37. The Morgan fingerprint density at radius 1 is 0.970 bits per heavy atom. The van der Waals surface area contributed by atoms with Gasteiger partial charge in [0, 0.05) is 31.7 Å². The van der Waals surface area contributed by atoms with Gasteiger partial charge >= 0.3 is 0 Å². The quantitative estimate of drug-likeness (QED) is 0.416. The van der Waals surface area contributed by atoms with Gasteiger partial charge in [-0.25, -0.2) is 27.2 Å². The van der Waals surface area contributed by atoms with Gasteiger partial charge in [-0.05, 0) is 53.6 Å². The van der Waals surface area contributed by atoms with E-state index in [2.05, 4.69) is 20.1 Å². The van der Waals surface area contributed by atoms with Crippen molar-refractivity contribution >= 4 is 15.9 Å². The molecule has 0 saturated carbocycles.